The van der Waals surface area contributed by atoms with Gasteiger partial charge in [0, 0.05) is 32.2 Å². The molecule has 4 nitrogen and oxygen atoms in total. The lowest BCUT2D eigenvalue weighted by Crippen LogP contribution is -2.06. The van der Waals surface area contributed by atoms with Gasteiger partial charge in [0.2, 0.25) is 5.91 Å². The normalized spacial score (nSPS) is 11.5. The molecule has 0 aliphatic rings. The molecule has 0 bridgehead atoms. The zero-order valence-corrected chi connectivity index (χ0v) is 18.0. The standard InChI is InChI=1S/C22H13Br2N3O/c1-12(28)27-20-10-14(23)9-18(24)21(20)17-11-19(25-26-22(17)27)16-8-4-6-13-5-2-3-7-15(13)16/h2-11H,1H3. The third-order valence-corrected chi connectivity index (χ3v) is 5.99. The molecule has 0 aliphatic heterocycles. The highest BCUT2D eigenvalue weighted by Crippen LogP contribution is 2.37. The molecular weight excluding hydrogens is 482 g/mol. The van der Waals surface area contributed by atoms with Crippen molar-refractivity contribution in [3.8, 4) is 11.3 Å². The van der Waals surface area contributed by atoms with Crippen LogP contribution in [0.3, 0.4) is 0 Å². The van der Waals surface area contributed by atoms with E-state index in [0.29, 0.717) is 5.65 Å². The van der Waals surface area contributed by atoms with Crippen LogP contribution < -0.4 is 0 Å². The molecule has 0 unspecified atom stereocenters. The average molecular weight is 495 g/mol. The molecule has 0 fully saturated rings. The molecule has 0 N–H and O–H groups in total. The minimum absolute atomic E-state index is 0.0998. The molecule has 136 valence electrons. The SMILES string of the molecule is CC(=O)n1c2cc(Br)cc(Br)c2c2cc(-c3cccc4ccccc34)nnc21. The van der Waals surface area contributed by atoms with E-state index in [2.05, 4.69) is 60.3 Å². The van der Waals surface area contributed by atoms with Gasteiger partial charge in [0.15, 0.2) is 5.65 Å². The highest BCUT2D eigenvalue weighted by molar-refractivity contribution is 9.11. The van der Waals surface area contributed by atoms with Gasteiger partial charge in [-0.3, -0.25) is 9.36 Å². The van der Waals surface area contributed by atoms with Gasteiger partial charge < -0.3 is 0 Å². The van der Waals surface area contributed by atoms with Crippen molar-refractivity contribution >= 4 is 70.5 Å². The van der Waals surface area contributed by atoms with E-state index in [1.807, 2.05) is 42.5 Å². The van der Waals surface area contributed by atoms with Crippen molar-refractivity contribution in [3.63, 3.8) is 0 Å². The third kappa shape index (κ3) is 2.59. The molecule has 6 heteroatoms. The molecule has 0 amide bonds. The summed E-state index contributed by atoms with van der Waals surface area (Å²) in [7, 11) is 0. The van der Waals surface area contributed by atoms with E-state index in [-0.39, 0.29) is 5.91 Å². The summed E-state index contributed by atoms with van der Waals surface area (Å²) in [6, 6.07) is 20.3. The summed E-state index contributed by atoms with van der Waals surface area (Å²) in [6.07, 6.45) is 0. The van der Waals surface area contributed by atoms with Crippen LogP contribution in [0.2, 0.25) is 0 Å². The summed E-state index contributed by atoms with van der Waals surface area (Å²) >= 11 is 7.16. The largest absolute Gasteiger partial charge is 0.274 e. The monoisotopic (exact) mass is 493 g/mol. The Balaban J connectivity index is 1.90. The topological polar surface area (TPSA) is 47.8 Å². The Kier molecular flexibility index (Phi) is 4.07. The molecule has 3 aromatic carbocycles. The molecule has 0 atom stereocenters. The Labute approximate surface area is 177 Å². The molecule has 5 aromatic rings. The second-order valence-electron chi connectivity index (χ2n) is 6.63. The van der Waals surface area contributed by atoms with Gasteiger partial charge in [0.1, 0.15) is 0 Å². The number of rotatable bonds is 1. The highest BCUT2D eigenvalue weighted by Gasteiger charge is 2.19. The third-order valence-electron chi connectivity index (χ3n) is 4.91. The number of hydrogen-bond donors (Lipinski definition) is 0. The van der Waals surface area contributed by atoms with E-state index < -0.39 is 0 Å². The van der Waals surface area contributed by atoms with Crippen molar-refractivity contribution in [2.75, 3.05) is 0 Å². The van der Waals surface area contributed by atoms with E-state index in [0.717, 1.165) is 47.3 Å². The number of halogens is 2. The van der Waals surface area contributed by atoms with Crippen LogP contribution in [0.15, 0.2) is 69.6 Å². The summed E-state index contributed by atoms with van der Waals surface area (Å²) < 4.78 is 3.40. The molecule has 0 aliphatic carbocycles. The number of nitrogens with zero attached hydrogens (tertiary/aromatic N) is 3. The van der Waals surface area contributed by atoms with Gasteiger partial charge in [-0.1, -0.05) is 74.3 Å². The quantitative estimate of drug-likeness (QED) is 0.264. The molecule has 5 rings (SSSR count). The van der Waals surface area contributed by atoms with Gasteiger partial charge >= 0.3 is 0 Å². The predicted octanol–water partition coefficient (Wildman–Crippen LogP) is 6.59. The maximum atomic E-state index is 12.4. The van der Waals surface area contributed by atoms with Crippen LogP contribution in [0.25, 0.3) is 44.0 Å². The lowest BCUT2D eigenvalue weighted by Gasteiger charge is -2.06. The minimum Gasteiger partial charge on any atom is -0.274 e. The van der Waals surface area contributed by atoms with Gasteiger partial charge in [0.05, 0.1) is 11.2 Å². The Morgan fingerprint density at radius 1 is 0.929 bits per heavy atom. The summed E-state index contributed by atoms with van der Waals surface area (Å²) in [4.78, 5) is 12.4. The number of carbonyl (C=O) groups is 1. The van der Waals surface area contributed by atoms with Crippen LogP contribution in [0.5, 0.6) is 0 Å². The van der Waals surface area contributed by atoms with Crippen molar-refractivity contribution in [1.82, 2.24) is 14.8 Å². The average Bonchev–Trinajstić information content (AvgIpc) is 3.01. The number of benzene rings is 3. The van der Waals surface area contributed by atoms with Gasteiger partial charge in [-0.15, -0.1) is 10.2 Å². The maximum Gasteiger partial charge on any atom is 0.229 e. The van der Waals surface area contributed by atoms with Crippen molar-refractivity contribution in [2.45, 2.75) is 6.92 Å². The van der Waals surface area contributed by atoms with Gasteiger partial charge in [-0.05, 0) is 29.0 Å². The first-order valence-corrected chi connectivity index (χ1v) is 10.3. The van der Waals surface area contributed by atoms with Crippen LogP contribution in [0.1, 0.15) is 11.7 Å². The van der Waals surface area contributed by atoms with E-state index in [4.69, 9.17) is 0 Å². The van der Waals surface area contributed by atoms with E-state index in [1.165, 1.54) is 6.92 Å². The molecule has 0 radical (unpaired) electrons. The first kappa shape index (κ1) is 17.5. The van der Waals surface area contributed by atoms with E-state index >= 15 is 0 Å². The zero-order chi connectivity index (χ0) is 19.4. The predicted molar refractivity (Wildman–Crippen MR) is 120 cm³/mol. The second-order valence-corrected chi connectivity index (χ2v) is 8.40. The molecule has 28 heavy (non-hydrogen) atoms. The van der Waals surface area contributed by atoms with Crippen LogP contribution >= 0.6 is 31.9 Å². The maximum absolute atomic E-state index is 12.4. The fourth-order valence-corrected chi connectivity index (χ4v) is 5.17. The van der Waals surface area contributed by atoms with Crippen LogP contribution in [-0.2, 0) is 0 Å². The fourth-order valence-electron chi connectivity index (χ4n) is 3.75. The molecule has 0 saturated carbocycles. The highest BCUT2D eigenvalue weighted by atomic mass is 79.9. The van der Waals surface area contributed by atoms with Crippen molar-refractivity contribution in [2.24, 2.45) is 0 Å². The van der Waals surface area contributed by atoms with Crippen molar-refractivity contribution in [1.29, 1.82) is 0 Å². The summed E-state index contributed by atoms with van der Waals surface area (Å²) in [5.74, 6) is -0.0998. The second kappa shape index (κ2) is 6.50. The Morgan fingerprint density at radius 3 is 2.54 bits per heavy atom. The van der Waals surface area contributed by atoms with Gasteiger partial charge in [-0.2, -0.15) is 0 Å². The van der Waals surface area contributed by atoms with Crippen LogP contribution in [0, 0.1) is 0 Å². The van der Waals surface area contributed by atoms with Gasteiger partial charge in [0.25, 0.3) is 0 Å². The molecule has 0 saturated heterocycles. The number of aromatic nitrogens is 3. The molecule has 0 spiro atoms. The van der Waals surface area contributed by atoms with Gasteiger partial charge in [-0.25, -0.2) is 0 Å². The summed E-state index contributed by atoms with van der Waals surface area (Å²) in [5.41, 5.74) is 3.16. The van der Waals surface area contributed by atoms with Crippen molar-refractivity contribution in [3.05, 3.63) is 69.6 Å². The van der Waals surface area contributed by atoms with E-state index in [1.54, 1.807) is 4.57 Å². The number of hydrogen-bond acceptors (Lipinski definition) is 3. The van der Waals surface area contributed by atoms with Crippen LogP contribution in [-0.4, -0.2) is 20.7 Å². The Morgan fingerprint density at radius 2 is 1.71 bits per heavy atom. The Hall–Kier alpha value is -2.57. The first-order chi connectivity index (χ1) is 13.5. The molecule has 2 heterocycles. The summed E-state index contributed by atoms with van der Waals surface area (Å²) in [6.45, 7) is 1.54. The summed E-state index contributed by atoms with van der Waals surface area (Å²) in [5, 5.41) is 13.0. The molecule has 2 aromatic heterocycles. The van der Waals surface area contributed by atoms with Crippen molar-refractivity contribution < 1.29 is 4.79 Å². The lowest BCUT2D eigenvalue weighted by molar-refractivity contribution is 0.0945. The minimum atomic E-state index is -0.0998. The van der Waals surface area contributed by atoms with E-state index in [9.17, 15) is 4.79 Å². The molecular formula is C22H13Br2N3O. The lowest BCUT2D eigenvalue weighted by atomic mass is 10.0. The smallest absolute Gasteiger partial charge is 0.229 e. The van der Waals surface area contributed by atoms with Crippen LogP contribution in [0.4, 0.5) is 0 Å². The first-order valence-electron chi connectivity index (χ1n) is 8.70. The zero-order valence-electron chi connectivity index (χ0n) is 14.8. The number of fused-ring (bicyclic) bond motifs is 4. The number of carbonyl (C=O) groups excluding carboxylic acids is 1. The fraction of sp³-hybridized carbons (Fsp3) is 0.0455. The Bertz CT molecular complexity index is 1420.